The quantitative estimate of drug-likeness (QED) is 0.897. The van der Waals surface area contributed by atoms with Gasteiger partial charge in [-0.05, 0) is 30.7 Å². The largest absolute Gasteiger partial charge is 0.476 e. The molecule has 0 unspecified atom stereocenters. The Morgan fingerprint density at radius 1 is 1.20 bits per heavy atom. The summed E-state index contributed by atoms with van der Waals surface area (Å²) in [6, 6.07) is 9.25. The van der Waals surface area contributed by atoms with Crippen molar-refractivity contribution in [2.45, 2.75) is 11.8 Å². The Morgan fingerprint density at radius 2 is 1.90 bits per heavy atom. The molecule has 0 aliphatic rings. The van der Waals surface area contributed by atoms with E-state index in [0.717, 1.165) is 0 Å². The molecule has 1 aromatic carbocycles. The van der Waals surface area contributed by atoms with E-state index in [2.05, 4.69) is 9.71 Å². The molecule has 1 heterocycles. The molecule has 0 atom stereocenters. The van der Waals surface area contributed by atoms with Crippen molar-refractivity contribution < 1.29 is 18.3 Å². The highest BCUT2D eigenvalue weighted by molar-refractivity contribution is 7.92. The summed E-state index contributed by atoms with van der Waals surface area (Å²) in [5.41, 5.74) is 0.161. The SMILES string of the molecule is Cc1ccccc1S(=O)(=O)Nc1cccnc1C(=O)O. The van der Waals surface area contributed by atoms with Crippen LogP contribution < -0.4 is 4.72 Å². The molecule has 0 spiro atoms. The van der Waals surface area contributed by atoms with Crippen LogP contribution in [0.5, 0.6) is 0 Å². The van der Waals surface area contributed by atoms with Gasteiger partial charge in [-0.15, -0.1) is 0 Å². The van der Waals surface area contributed by atoms with Gasteiger partial charge in [0, 0.05) is 6.20 Å². The molecule has 2 N–H and O–H groups in total. The first-order valence-corrected chi connectivity index (χ1v) is 7.17. The van der Waals surface area contributed by atoms with Gasteiger partial charge in [0.15, 0.2) is 5.69 Å². The van der Waals surface area contributed by atoms with E-state index >= 15 is 0 Å². The zero-order valence-electron chi connectivity index (χ0n) is 10.6. The first kappa shape index (κ1) is 14.0. The minimum absolute atomic E-state index is 0.0664. The third kappa shape index (κ3) is 2.77. The van der Waals surface area contributed by atoms with Gasteiger partial charge in [-0.1, -0.05) is 18.2 Å². The molecule has 6 nitrogen and oxygen atoms in total. The molecule has 0 saturated carbocycles. The van der Waals surface area contributed by atoms with Gasteiger partial charge in [-0.25, -0.2) is 18.2 Å². The monoisotopic (exact) mass is 292 g/mol. The van der Waals surface area contributed by atoms with E-state index in [-0.39, 0.29) is 16.3 Å². The van der Waals surface area contributed by atoms with Crippen molar-refractivity contribution in [2.24, 2.45) is 0 Å². The molecule has 20 heavy (non-hydrogen) atoms. The van der Waals surface area contributed by atoms with E-state index in [1.807, 2.05) is 0 Å². The van der Waals surface area contributed by atoms with Crippen LogP contribution in [0.3, 0.4) is 0 Å². The number of pyridine rings is 1. The number of aryl methyl sites for hydroxylation is 1. The molecular weight excluding hydrogens is 280 g/mol. The molecule has 2 rings (SSSR count). The molecule has 0 fully saturated rings. The number of carboxylic acid groups (broad SMARTS) is 1. The second-order valence-corrected chi connectivity index (χ2v) is 5.73. The Bertz CT molecular complexity index is 756. The van der Waals surface area contributed by atoms with Crippen LogP contribution >= 0.6 is 0 Å². The summed E-state index contributed by atoms with van der Waals surface area (Å²) in [6.45, 7) is 1.66. The Kier molecular flexibility index (Phi) is 3.71. The molecule has 104 valence electrons. The second-order valence-electron chi connectivity index (χ2n) is 4.08. The molecule has 0 radical (unpaired) electrons. The number of carbonyl (C=O) groups is 1. The average molecular weight is 292 g/mol. The van der Waals surface area contributed by atoms with Gasteiger partial charge in [0.05, 0.1) is 10.6 Å². The Hall–Kier alpha value is -2.41. The van der Waals surface area contributed by atoms with Crippen LogP contribution in [-0.2, 0) is 10.0 Å². The molecule has 0 aliphatic carbocycles. The fraction of sp³-hybridized carbons (Fsp3) is 0.0769. The predicted molar refractivity (Wildman–Crippen MR) is 73.2 cm³/mol. The van der Waals surface area contributed by atoms with Crippen molar-refractivity contribution in [3.05, 3.63) is 53.9 Å². The summed E-state index contributed by atoms with van der Waals surface area (Å²) in [4.78, 5) is 14.8. The molecule has 0 amide bonds. The molecule has 1 aromatic heterocycles. The van der Waals surface area contributed by atoms with Crippen LogP contribution in [0.1, 0.15) is 16.1 Å². The zero-order chi connectivity index (χ0) is 14.8. The summed E-state index contributed by atoms with van der Waals surface area (Å²) in [5, 5.41) is 8.99. The van der Waals surface area contributed by atoms with E-state index in [9.17, 15) is 13.2 Å². The summed E-state index contributed by atoms with van der Waals surface area (Å²) in [6.07, 6.45) is 1.29. The highest BCUT2D eigenvalue weighted by atomic mass is 32.2. The number of aromatic nitrogens is 1. The number of hydrogen-bond acceptors (Lipinski definition) is 4. The summed E-state index contributed by atoms with van der Waals surface area (Å²) < 4.78 is 26.8. The van der Waals surface area contributed by atoms with Gasteiger partial charge in [0.2, 0.25) is 0 Å². The molecule has 0 aliphatic heterocycles. The molecule has 0 saturated heterocycles. The van der Waals surface area contributed by atoms with E-state index in [1.54, 1.807) is 25.1 Å². The van der Waals surface area contributed by atoms with Crippen LogP contribution in [0.2, 0.25) is 0 Å². The lowest BCUT2D eigenvalue weighted by molar-refractivity contribution is 0.0692. The second kappa shape index (κ2) is 5.30. The third-order valence-corrected chi connectivity index (χ3v) is 4.16. The van der Waals surface area contributed by atoms with Crippen LogP contribution in [0.15, 0.2) is 47.5 Å². The van der Waals surface area contributed by atoms with Crippen molar-refractivity contribution in [3.63, 3.8) is 0 Å². The number of sulfonamides is 1. The van der Waals surface area contributed by atoms with Crippen molar-refractivity contribution in [1.82, 2.24) is 4.98 Å². The topological polar surface area (TPSA) is 96.4 Å². The number of nitrogens with one attached hydrogen (secondary N) is 1. The van der Waals surface area contributed by atoms with E-state index in [1.165, 1.54) is 24.4 Å². The van der Waals surface area contributed by atoms with E-state index in [0.29, 0.717) is 5.56 Å². The maximum absolute atomic E-state index is 12.3. The number of carboxylic acids is 1. The van der Waals surface area contributed by atoms with Crippen LogP contribution in [-0.4, -0.2) is 24.5 Å². The molecular formula is C13H12N2O4S. The first-order chi connectivity index (χ1) is 9.42. The van der Waals surface area contributed by atoms with E-state index in [4.69, 9.17) is 5.11 Å². The molecule has 0 bridgehead atoms. The number of anilines is 1. The van der Waals surface area contributed by atoms with Gasteiger partial charge >= 0.3 is 5.97 Å². The minimum atomic E-state index is -3.85. The van der Waals surface area contributed by atoms with Gasteiger partial charge in [0.1, 0.15) is 0 Å². The summed E-state index contributed by atoms with van der Waals surface area (Å²) in [7, 11) is -3.85. The first-order valence-electron chi connectivity index (χ1n) is 5.68. The highest BCUT2D eigenvalue weighted by Gasteiger charge is 2.20. The van der Waals surface area contributed by atoms with Crippen LogP contribution in [0.25, 0.3) is 0 Å². The maximum Gasteiger partial charge on any atom is 0.356 e. The minimum Gasteiger partial charge on any atom is -0.476 e. The van der Waals surface area contributed by atoms with Gasteiger partial charge in [0.25, 0.3) is 10.0 Å². The lowest BCUT2D eigenvalue weighted by atomic mass is 10.2. The van der Waals surface area contributed by atoms with Crippen LogP contribution in [0, 0.1) is 6.92 Å². The summed E-state index contributed by atoms with van der Waals surface area (Å²) in [5.74, 6) is -1.30. The lowest BCUT2D eigenvalue weighted by Gasteiger charge is -2.11. The fourth-order valence-electron chi connectivity index (χ4n) is 1.72. The van der Waals surface area contributed by atoms with Crippen LogP contribution in [0.4, 0.5) is 5.69 Å². The van der Waals surface area contributed by atoms with Crippen molar-refractivity contribution in [1.29, 1.82) is 0 Å². The standard InChI is InChI=1S/C13H12N2O4S/c1-9-5-2-3-7-11(9)20(18,19)15-10-6-4-8-14-12(10)13(16)17/h2-8,15H,1H3,(H,16,17). The Balaban J connectivity index is 2.45. The summed E-state index contributed by atoms with van der Waals surface area (Å²) >= 11 is 0. The predicted octanol–water partition coefficient (Wildman–Crippen LogP) is 1.89. The Labute approximate surface area is 116 Å². The number of hydrogen-bond donors (Lipinski definition) is 2. The number of benzene rings is 1. The molecule has 2 aromatic rings. The van der Waals surface area contributed by atoms with Crippen molar-refractivity contribution >= 4 is 21.7 Å². The van der Waals surface area contributed by atoms with Gasteiger partial charge in [-0.2, -0.15) is 0 Å². The van der Waals surface area contributed by atoms with Gasteiger partial charge < -0.3 is 5.11 Å². The normalized spacial score (nSPS) is 11.1. The lowest BCUT2D eigenvalue weighted by Crippen LogP contribution is -2.17. The third-order valence-electron chi connectivity index (χ3n) is 2.64. The smallest absolute Gasteiger partial charge is 0.356 e. The van der Waals surface area contributed by atoms with Crippen molar-refractivity contribution in [2.75, 3.05) is 4.72 Å². The van der Waals surface area contributed by atoms with Crippen molar-refractivity contribution in [3.8, 4) is 0 Å². The number of rotatable bonds is 4. The Morgan fingerprint density at radius 3 is 2.55 bits per heavy atom. The zero-order valence-corrected chi connectivity index (χ0v) is 11.4. The highest BCUT2D eigenvalue weighted by Crippen LogP contribution is 2.20. The molecule has 7 heteroatoms. The maximum atomic E-state index is 12.3. The van der Waals surface area contributed by atoms with Gasteiger partial charge in [-0.3, -0.25) is 4.72 Å². The average Bonchev–Trinajstić information content (AvgIpc) is 2.39. The van der Waals surface area contributed by atoms with E-state index < -0.39 is 16.0 Å². The number of aromatic carboxylic acids is 1. The number of nitrogens with zero attached hydrogens (tertiary/aromatic N) is 1. The fourth-order valence-corrected chi connectivity index (χ4v) is 3.03.